The zero-order valence-corrected chi connectivity index (χ0v) is 11.4. The molecule has 5 heteroatoms. The van der Waals surface area contributed by atoms with Crippen molar-refractivity contribution in [2.75, 3.05) is 13.2 Å². The summed E-state index contributed by atoms with van der Waals surface area (Å²) in [6, 6.07) is 0. The maximum atomic E-state index is 11.6. The molecular weight excluding hydrogens is 236 g/mol. The maximum absolute atomic E-state index is 11.6. The molecule has 1 rings (SSSR count). The van der Waals surface area contributed by atoms with Gasteiger partial charge in [0.2, 0.25) is 0 Å². The molecule has 104 valence electrons. The van der Waals surface area contributed by atoms with Crippen molar-refractivity contribution in [1.82, 2.24) is 0 Å². The number of hydrogen-bond donors (Lipinski definition) is 0. The molecule has 0 spiro atoms. The average molecular weight is 258 g/mol. The molecule has 1 atom stereocenters. The number of esters is 1. The zero-order valence-electron chi connectivity index (χ0n) is 11.4. The lowest BCUT2D eigenvalue weighted by molar-refractivity contribution is -0.148. The van der Waals surface area contributed by atoms with Crippen molar-refractivity contribution < 1.29 is 23.8 Å². The summed E-state index contributed by atoms with van der Waals surface area (Å²) < 4.78 is 15.8. The Morgan fingerprint density at radius 1 is 1.39 bits per heavy atom. The van der Waals surface area contributed by atoms with Gasteiger partial charge in [-0.2, -0.15) is 0 Å². The van der Waals surface area contributed by atoms with E-state index in [1.165, 1.54) is 0 Å². The Labute approximate surface area is 108 Å². The highest BCUT2D eigenvalue weighted by atomic mass is 16.7. The SMILES string of the molecule is CCCCOC(=O)CC(=O)C[C@H]1COC(C)(C)O1. The Kier molecular flexibility index (Phi) is 5.75. The van der Waals surface area contributed by atoms with Gasteiger partial charge in [0.15, 0.2) is 5.79 Å². The van der Waals surface area contributed by atoms with Crippen LogP contribution in [0.25, 0.3) is 0 Å². The molecule has 1 aliphatic heterocycles. The first kappa shape index (κ1) is 15.1. The van der Waals surface area contributed by atoms with Crippen molar-refractivity contribution in [3.8, 4) is 0 Å². The van der Waals surface area contributed by atoms with Gasteiger partial charge >= 0.3 is 5.97 Å². The summed E-state index contributed by atoms with van der Waals surface area (Å²) in [5.41, 5.74) is 0. The highest BCUT2D eigenvalue weighted by Gasteiger charge is 2.33. The normalized spacial score (nSPS) is 21.8. The monoisotopic (exact) mass is 258 g/mol. The zero-order chi connectivity index (χ0) is 13.6. The van der Waals surface area contributed by atoms with Crippen LogP contribution in [0.2, 0.25) is 0 Å². The highest BCUT2D eigenvalue weighted by Crippen LogP contribution is 2.24. The summed E-state index contributed by atoms with van der Waals surface area (Å²) in [5.74, 6) is -1.25. The van der Waals surface area contributed by atoms with Crippen molar-refractivity contribution in [3.05, 3.63) is 0 Å². The van der Waals surface area contributed by atoms with E-state index in [0.29, 0.717) is 13.2 Å². The van der Waals surface area contributed by atoms with Gasteiger partial charge in [0.05, 0.1) is 19.3 Å². The molecule has 1 aliphatic rings. The summed E-state index contributed by atoms with van der Waals surface area (Å²) in [6.45, 7) is 6.40. The van der Waals surface area contributed by atoms with Gasteiger partial charge in [-0.15, -0.1) is 0 Å². The molecule has 1 heterocycles. The van der Waals surface area contributed by atoms with E-state index < -0.39 is 11.8 Å². The van der Waals surface area contributed by atoms with Crippen LogP contribution in [-0.4, -0.2) is 36.9 Å². The minimum atomic E-state index is -0.632. The minimum Gasteiger partial charge on any atom is -0.465 e. The van der Waals surface area contributed by atoms with Crippen LogP contribution in [0, 0.1) is 0 Å². The Hall–Kier alpha value is -0.940. The lowest BCUT2D eigenvalue weighted by Crippen LogP contribution is -2.23. The van der Waals surface area contributed by atoms with E-state index in [1.54, 1.807) is 13.8 Å². The largest absolute Gasteiger partial charge is 0.465 e. The van der Waals surface area contributed by atoms with E-state index in [9.17, 15) is 9.59 Å². The number of carbonyl (C=O) groups excluding carboxylic acids is 2. The number of Topliss-reactive ketones (excluding diaryl/α,β-unsaturated/α-hetero) is 1. The van der Waals surface area contributed by atoms with E-state index in [1.807, 2.05) is 6.92 Å². The summed E-state index contributed by atoms with van der Waals surface area (Å²) >= 11 is 0. The van der Waals surface area contributed by atoms with Crippen molar-refractivity contribution in [1.29, 1.82) is 0 Å². The second kappa shape index (κ2) is 6.85. The van der Waals surface area contributed by atoms with Crippen LogP contribution in [0.15, 0.2) is 0 Å². The van der Waals surface area contributed by atoms with E-state index >= 15 is 0 Å². The Morgan fingerprint density at radius 2 is 2.11 bits per heavy atom. The average Bonchev–Trinajstić information content (AvgIpc) is 2.58. The number of unbranched alkanes of at least 4 members (excludes halogenated alkanes) is 1. The van der Waals surface area contributed by atoms with Gasteiger partial charge in [0.25, 0.3) is 0 Å². The second-order valence-corrected chi connectivity index (χ2v) is 4.94. The topological polar surface area (TPSA) is 61.8 Å². The van der Waals surface area contributed by atoms with Gasteiger partial charge in [0.1, 0.15) is 12.2 Å². The Morgan fingerprint density at radius 3 is 2.67 bits per heavy atom. The van der Waals surface area contributed by atoms with Crippen molar-refractivity contribution in [2.45, 2.75) is 58.3 Å². The first-order valence-corrected chi connectivity index (χ1v) is 6.42. The number of hydrogen-bond acceptors (Lipinski definition) is 5. The summed E-state index contributed by atoms with van der Waals surface area (Å²) in [6.07, 6.45) is 1.56. The van der Waals surface area contributed by atoms with Crippen molar-refractivity contribution in [2.24, 2.45) is 0 Å². The molecule has 0 aromatic carbocycles. The van der Waals surface area contributed by atoms with E-state index in [4.69, 9.17) is 14.2 Å². The van der Waals surface area contributed by atoms with Gasteiger partial charge in [0, 0.05) is 6.42 Å². The fourth-order valence-electron chi connectivity index (χ4n) is 1.73. The molecule has 0 saturated carbocycles. The van der Waals surface area contributed by atoms with Crippen LogP contribution in [0.1, 0.15) is 46.5 Å². The number of carbonyl (C=O) groups is 2. The van der Waals surface area contributed by atoms with Crippen LogP contribution in [0.5, 0.6) is 0 Å². The summed E-state index contributed by atoms with van der Waals surface area (Å²) in [5, 5.41) is 0. The van der Waals surface area contributed by atoms with Crippen molar-refractivity contribution >= 4 is 11.8 Å². The molecule has 0 bridgehead atoms. The molecule has 0 N–H and O–H groups in total. The van der Waals surface area contributed by atoms with Gasteiger partial charge in [-0.05, 0) is 20.3 Å². The number of ether oxygens (including phenoxy) is 3. The van der Waals surface area contributed by atoms with Gasteiger partial charge < -0.3 is 14.2 Å². The second-order valence-electron chi connectivity index (χ2n) is 4.94. The van der Waals surface area contributed by atoms with E-state index in [-0.39, 0.29) is 24.7 Å². The molecular formula is C13H22O5. The Bertz CT molecular complexity index is 298. The van der Waals surface area contributed by atoms with Gasteiger partial charge in [-0.1, -0.05) is 13.3 Å². The summed E-state index contributed by atoms with van der Waals surface area (Å²) in [4.78, 5) is 22.9. The van der Waals surface area contributed by atoms with Crippen LogP contribution in [-0.2, 0) is 23.8 Å². The Balaban J connectivity index is 2.19. The van der Waals surface area contributed by atoms with Crippen molar-refractivity contribution in [3.63, 3.8) is 0 Å². The predicted molar refractivity (Wildman–Crippen MR) is 65.0 cm³/mol. The maximum Gasteiger partial charge on any atom is 0.313 e. The molecule has 1 saturated heterocycles. The molecule has 18 heavy (non-hydrogen) atoms. The molecule has 0 aromatic heterocycles. The van der Waals surface area contributed by atoms with E-state index in [0.717, 1.165) is 12.8 Å². The van der Waals surface area contributed by atoms with Gasteiger partial charge in [-0.25, -0.2) is 0 Å². The van der Waals surface area contributed by atoms with Crippen LogP contribution < -0.4 is 0 Å². The van der Waals surface area contributed by atoms with E-state index in [2.05, 4.69) is 0 Å². The highest BCUT2D eigenvalue weighted by molar-refractivity contribution is 5.95. The van der Waals surface area contributed by atoms with Crippen LogP contribution in [0.3, 0.4) is 0 Å². The third-order valence-electron chi connectivity index (χ3n) is 2.63. The minimum absolute atomic E-state index is 0.164. The van der Waals surface area contributed by atoms with Crippen LogP contribution >= 0.6 is 0 Å². The molecule has 0 aliphatic carbocycles. The smallest absolute Gasteiger partial charge is 0.313 e. The third kappa shape index (κ3) is 5.60. The standard InChI is InChI=1S/C13H22O5/c1-4-5-6-16-12(15)8-10(14)7-11-9-17-13(2,3)18-11/h11H,4-9H2,1-3H3/t11-/m0/s1. The molecule has 0 unspecified atom stereocenters. The fraction of sp³-hybridized carbons (Fsp3) is 0.846. The number of ketones is 1. The molecule has 0 aromatic rings. The lowest BCUT2D eigenvalue weighted by Gasteiger charge is -2.16. The number of rotatable bonds is 7. The molecule has 0 radical (unpaired) electrons. The predicted octanol–water partition coefficient (Wildman–Crippen LogP) is 1.83. The first-order valence-electron chi connectivity index (χ1n) is 6.42. The van der Waals surface area contributed by atoms with Crippen LogP contribution in [0.4, 0.5) is 0 Å². The lowest BCUT2D eigenvalue weighted by atomic mass is 10.1. The molecule has 0 amide bonds. The fourth-order valence-corrected chi connectivity index (χ4v) is 1.73. The van der Waals surface area contributed by atoms with Gasteiger partial charge in [-0.3, -0.25) is 9.59 Å². The first-order chi connectivity index (χ1) is 8.43. The third-order valence-corrected chi connectivity index (χ3v) is 2.63. The molecule has 5 nitrogen and oxygen atoms in total. The quantitative estimate of drug-likeness (QED) is 0.396. The molecule has 1 fully saturated rings. The summed E-state index contributed by atoms with van der Waals surface area (Å²) in [7, 11) is 0.